The highest BCUT2D eigenvalue weighted by atomic mass is 32.2. The lowest BCUT2D eigenvalue weighted by atomic mass is 9.99. The quantitative estimate of drug-likeness (QED) is 0.524. The van der Waals surface area contributed by atoms with Crippen LogP contribution in [0.3, 0.4) is 0 Å². The molecule has 0 bridgehead atoms. The molecule has 8 heteroatoms. The maximum atomic E-state index is 13.5. The van der Waals surface area contributed by atoms with Gasteiger partial charge in [-0.1, -0.05) is 54.2 Å². The molecule has 33 heavy (non-hydrogen) atoms. The number of thioether (sulfide) groups is 1. The van der Waals surface area contributed by atoms with Crippen molar-refractivity contribution in [3.8, 4) is 28.5 Å². The zero-order valence-electron chi connectivity index (χ0n) is 17.5. The molecule has 0 radical (unpaired) electrons. The summed E-state index contributed by atoms with van der Waals surface area (Å²) in [6, 6.07) is 18.2. The van der Waals surface area contributed by atoms with Crippen molar-refractivity contribution in [3.05, 3.63) is 72.0 Å². The third kappa shape index (κ3) is 4.89. The van der Waals surface area contributed by atoms with Gasteiger partial charge >= 0.3 is 0 Å². The van der Waals surface area contributed by atoms with Crippen molar-refractivity contribution in [3.63, 3.8) is 0 Å². The molecule has 1 aliphatic rings. The average molecular weight is 461 g/mol. The number of aromatic nitrogens is 1. The summed E-state index contributed by atoms with van der Waals surface area (Å²) in [6.45, 7) is 0.363. The number of nitriles is 1. The van der Waals surface area contributed by atoms with Gasteiger partial charge in [0.1, 0.15) is 16.9 Å². The number of hydrogen-bond acceptors (Lipinski definition) is 6. The van der Waals surface area contributed by atoms with Gasteiger partial charge in [0.05, 0.1) is 29.0 Å². The van der Waals surface area contributed by atoms with Crippen molar-refractivity contribution in [1.29, 1.82) is 5.26 Å². The van der Waals surface area contributed by atoms with E-state index in [9.17, 15) is 24.3 Å². The van der Waals surface area contributed by atoms with E-state index in [2.05, 4.69) is 11.1 Å². The molecule has 6 nitrogen and oxygen atoms in total. The number of benzene rings is 2. The number of likely N-dealkylation sites (tertiary alicyclic amines) is 1. The van der Waals surface area contributed by atoms with Gasteiger partial charge in [-0.05, 0) is 36.6 Å². The first-order valence-corrected chi connectivity index (χ1v) is 11.4. The molecule has 1 saturated heterocycles. The highest BCUT2D eigenvalue weighted by molar-refractivity contribution is 8.00. The number of nitrogens with zero attached hydrogens (tertiary/aromatic N) is 3. The number of carboxylic acids is 1. The van der Waals surface area contributed by atoms with Gasteiger partial charge in [-0.15, -0.1) is 0 Å². The molecule has 1 fully saturated rings. The second-order valence-electron chi connectivity index (χ2n) is 7.57. The fourth-order valence-electron chi connectivity index (χ4n) is 3.87. The molecule has 166 valence electrons. The Balaban J connectivity index is 1.71. The van der Waals surface area contributed by atoms with Crippen LogP contribution in [0.1, 0.15) is 18.4 Å². The van der Waals surface area contributed by atoms with Crippen molar-refractivity contribution >= 4 is 23.6 Å². The highest BCUT2D eigenvalue weighted by Crippen LogP contribution is 2.34. The highest BCUT2D eigenvalue weighted by Gasteiger charge is 2.29. The Morgan fingerprint density at radius 2 is 1.88 bits per heavy atom. The number of hydrogen-bond donors (Lipinski definition) is 0. The average Bonchev–Trinajstić information content (AvgIpc) is 3.33. The molecule has 1 aliphatic heterocycles. The fourth-order valence-corrected chi connectivity index (χ4v) is 4.76. The van der Waals surface area contributed by atoms with Gasteiger partial charge in [-0.2, -0.15) is 5.26 Å². The SMILES string of the molecule is N#Cc1c(-c2ccc(F)cc2)cc(-c2ccccc2)nc1SCC(=O)N1CCC[C@H]1C(=O)[O-]. The number of rotatable bonds is 6. The van der Waals surface area contributed by atoms with E-state index in [0.717, 1.165) is 17.3 Å². The Labute approximate surface area is 194 Å². The predicted molar refractivity (Wildman–Crippen MR) is 120 cm³/mol. The van der Waals surface area contributed by atoms with Gasteiger partial charge < -0.3 is 14.8 Å². The smallest absolute Gasteiger partial charge is 0.233 e. The van der Waals surface area contributed by atoms with E-state index in [1.807, 2.05) is 30.3 Å². The zero-order valence-corrected chi connectivity index (χ0v) is 18.3. The number of amides is 1. The molecule has 0 unspecified atom stereocenters. The summed E-state index contributed by atoms with van der Waals surface area (Å²) in [6.07, 6.45) is 0.980. The van der Waals surface area contributed by atoms with E-state index in [1.54, 1.807) is 18.2 Å². The van der Waals surface area contributed by atoms with Gasteiger partial charge in [0.15, 0.2) is 0 Å². The molecule has 0 spiro atoms. The maximum Gasteiger partial charge on any atom is 0.233 e. The van der Waals surface area contributed by atoms with E-state index >= 15 is 0 Å². The topological polar surface area (TPSA) is 97.1 Å². The molecule has 0 aliphatic carbocycles. The van der Waals surface area contributed by atoms with E-state index in [0.29, 0.717) is 41.2 Å². The second-order valence-corrected chi connectivity index (χ2v) is 8.54. The third-order valence-electron chi connectivity index (χ3n) is 5.50. The lowest BCUT2D eigenvalue weighted by molar-refractivity contribution is -0.310. The number of halogens is 1. The van der Waals surface area contributed by atoms with Crippen molar-refractivity contribution in [2.45, 2.75) is 23.9 Å². The Bertz CT molecular complexity index is 1230. The predicted octanol–water partition coefficient (Wildman–Crippen LogP) is 3.26. The van der Waals surface area contributed by atoms with Gasteiger partial charge in [0.25, 0.3) is 0 Å². The Morgan fingerprint density at radius 3 is 2.55 bits per heavy atom. The van der Waals surface area contributed by atoms with E-state index < -0.39 is 12.0 Å². The van der Waals surface area contributed by atoms with Crippen LogP contribution in [0.25, 0.3) is 22.4 Å². The van der Waals surface area contributed by atoms with Crippen LogP contribution in [0.15, 0.2) is 65.7 Å². The molecule has 2 aromatic carbocycles. The summed E-state index contributed by atoms with van der Waals surface area (Å²) in [7, 11) is 0. The van der Waals surface area contributed by atoms with Crippen LogP contribution in [0, 0.1) is 17.1 Å². The summed E-state index contributed by atoms with van der Waals surface area (Å²) in [4.78, 5) is 30.0. The van der Waals surface area contributed by atoms with Gasteiger partial charge in [-0.3, -0.25) is 4.79 Å². The van der Waals surface area contributed by atoms with Gasteiger partial charge in [-0.25, -0.2) is 9.37 Å². The fraction of sp³-hybridized carbons (Fsp3) is 0.200. The van der Waals surface area contributed by atoms with Crippen LogP contribution in [0.2, 0.25) is 0 Å². The van der Waals surface area contributed by atoms with Crippen LogP contribution in [0.5, 0.6) is 0 Å². The standard InChI is InChI=1S/C25H20FN3O3S/c26-18-10-8-16(9-11-18)19-13-21(17-5-2-1-3-6-17)28-24(20(19)14-27)33-15-23(30)29-12-4-7-22(29)25(31)32/h1-3,5-6,8-11,13,22H,4,7,12,15H2,(H,31,32)/p-1/t22-/m0/s1. The van der Waals surface area contributed by atoms with Gasteiger partial charge in [0.2, 0.25) is 5.91 Å². The first-order chi connectivity index (χ1) is 16.0. The molecular weight excluding hydrogens is 441 g/mol. The van der Waals surface area contributed by atoms with Crippen molar-refractivity contribution in [2.75, 3.05) is 12.3 Å². The second kappa shape index (κ2) is 9.84. The molecule has 0 saturated carbocycles. The summed E-state index contributed by atoms with van der Waals surface area (Å²) in [5, 5.41) is 21.6. The molecule has 2 heterocycles. The number of carbonyl (C=O) groups is 2. The summed E-state index contributed by atoms with van der Waals surface area (Å²) < 4.78 is 13.5. The molecule has 3 aromatic rings. The first kappa shape index (κ1) is 22.5. The van der Waals surface area contributed by atoms with Crippen molar-refractivity contribution < 1.29 is 19.1 Å². The summed E-state index contributed by atoms with van der Waals surface area (Å²) in [5.41, 5.74) is 2.94. The maximum absolute atomic E-state index is 13.5. The molecule has 1 amide bonds. The van der Waals surface area contributed by atoms with Crippen LogP contribution >= 0.6 is 11.8 Å². The lowest BCUT2D eigenvalue weighted by Gasteiger charge is -2.25. The van der Waals surface area contributed by atoms with Crippen molar-refractivity contribution in [2.24, 2.45) is 0 Å². The number of aliphatic carboxylic acids is 1. The summed E-state index contributed by atoms with van der Waals surface area (Å²) in [5.74, 6) is -2.05. The molecular formula is C25H19FN3O3S-. The Hall–Kier alpha value is -3.70. The zero-order chi connectivity index (χ0) is 23.4. The first-order valence-electron chi connectivity index (χ1n) is 10.4. The largest absolute Gasteiger partial charge is 0.548 e. The lowest BCUT2D eigenvalue weighted by Crippen LogP contribution is -2.47. The van der Waals surface area contributed by atoms with Crippen LogP contribution < -0.4 is 5.11 Å². The Kier molecular flexibility index (Phi) is 6.71. The minimum Gasteiger partial charge on any atom is -0.548 e. The Morgan fingerprint density at radius 1 is 1.15 bits per heavy atom. The molecule has 4 rings (SSSR count). The minimum absolute atomic E-state index is 0.0629. The number of carboxylic acid groups (broad SMARTS) is 1. The van der Waals surface area contributed by atoms with E-state index in [1.165, 1.54) is 17.0 Å². The van der Waals surface area contributed by atoms with Gasteiger partial charge in [0, 0.05) is 17.7 Å². The molecule has 1 atom stereocenters. The summed E-state index contributed by atoms with van der Waals surface area (Å²) >= 11 is 1.09. The van der Waals surface area contributed by atoms with Crippen LogP contribution in [-0.4, -0.2) is 40.1 Å². The van der Waals surface area contributed by atoms with Crippen LogP contribution in [0.4, 0.5) is 4.39 Å². The third-order valence-corrected chi connectivity index (χ3v) is 6.46. The van der Waals surface area contributed by atoms with E-state index in [-0.39, 0.29) is 23.0 Å². The van der Waals surface area contributed by atoms with Crippen LogP contribution in [-0.2, 0) is 9.59 Å². The minimum atomic E-state index is -1.26. The normalized spacial score (nSPS) is 15.3. The molecule has 1 aromatic heterocycles. The monoisotopic (exact) mass is 460 g/mol. The number of pyridine rings is 1. The van der Waals surface area contributed by atoms with E-state index in [4.69, 9.17) is 0 Å². The number of carbonyl (C=O) groups excluding carboxylic acids is 2. The van der Waals surface area contributed by atoms with Crippen molar-refractivity contribution in [1.82, 2.24) is 9.88 Å². The molecule has 0 N–H and O–H groups in total.